The Labute approximate surface area is 102 Å². The highest BCUT2D eigenvalue weighted by molar-refractivity contribution is 5.87. The summed E-state index contributed by atoms with van der Waals surface area (Å²) in [5.74, 6) is -2.55. The van der Waals surface area contributed by atoms with Crippen LogP contribution in [-0.2, 0) is 4.79 Å². The van der Waals surface area contributed by atoms with E-state index in [0.29, 0.717) is 6.54 Å². The summed E-state index contributed by atoms with van der Waals surface area (Å²) in [5, 5.41) is 0. The van der Waals surface area contributed by atoms with Gasteiger partial charge in [-0.25, -0.2) is 8.78 Å². The van der Waals surface area contributed by atoms with Crippen molar-refractivity contribution in [1.82, 2.24) is 4.90 Å². The zero-order valence-corrected chi connectivity index (χ0v) is 10.6. The van der Waals surface area contributed by atoms with Gasteiger partial charge in [0.2, 0.25) is 5.92 Å². The summed E-state index contributed by atoms with van der Waals surface area (Å²) in [7, 11) is 0. The predicted octanol–water partition coefficient (Wildman–Crippen LogP) is 3.03. The molecule has 0 unspecified atom stereocenters. The molecule has 0 radical (unpaired) electrons. The Balaban J connectivity index is 2.44. The molecule has 0 aliphatic carbocycles. The lowest BCUT2D eigenvalue weighted by atomic mass is 10.1. The Hall–Kier alpha value is -0.770. The molecule has 17 heavy (non-hydrogen) atoms. The minimum atomic E-state index is -2.56. The molecule has 0 saturated carbocycles. The van der Waals surface area contributed by atoms with Crippen LogP contribution in [0.25, 0.3) is 0 Å². The van der Waals surface area contributed by atoms with Crippen molar-refractivity contribution in [3.8, 4) is 0 Å². The lowest BCUT2D eigenvalue weighted by Gasteiger charge is -2.24. The van der Waals surface area contributed by atoms with Crippen molar-refractivity contribution in [1.29, 1.82) is 0 Å². The second-order valence-electron chi connectivity index (χ2n) is 4.67. The van der Waals surface area contributed by atoms with Gasteiger partial charge in [-0.3, -0.25) is 9.69 Å². The molecule has 0 bridgehead atoms. The summed E-state index contributed by atoms with van der Waals surface area (Å²) in [4.78, 5) is 12.9. The molecular formula is C13H21F2NO. The third kappa shape index (κ3) is 4.94. The largest absolute Gasteiger partial charge is 0.297 e. The Morgan fingerprint density at radius 1 is 1.53 bits per heavy atom. The maximum atomic E-state index is 13.1. The van der Waals surface area contributed by atoms with Gasteiger partial charge < -0.3 is 0 Å². The molecule has 1 aliphatic heterocycles. The van der Waals surface area contributed by atoms with Crippen molar-refractivity contribution >= 4 is 5.78 Å². The highest BCUT2D eigenvalue weighted by atomic mass is 19.3. The summed E-state index contributed by atoms with van der Waals surface area (Å²) in [5.41, 5.74) is 0. The van der Waals surface area contributed by atoms with Crippen LogP contribution in [0.15, 0.2) is 12.2 Å². The molecule has 0 amide bonds. The van der Waals surface area contributed by atoms with Gasteiger partial charge in [-0.15, -0.1) is 0 Å². The number of allylic oxidation sites excluding steroid dienone is 1. The molecular weight excluding hydrogens is 224 g/mol. The summed E-state index contributed by atoms with van der Waals surface area (Å²) in [6, 6.07) is 0.159. The second-order valence-corrected chi connectivity index (χ2v) is 4.67. The van der Waals surface area contributed by atoms with Gasteiger partial charge in [-0.1, -0.05) is 13.0 Å². The molecule has 0 aromatic heterocycles. The highest BCUT2D eigenvalue weighted by Crippen LogP contribution is 2.25. The molecule has 98 valence electrons. The third-order valence-corrected chi connectivity index (χ3v) is 3.25. The molecule has 4 heteroatoms. The van der Waals surface area contributed by atoms with E-state index in [9.17, 15) is 13.6 Å². The number of carbonyl (C=O) groups excluding carboxylic acids is 1. The van der Waals surface area contributed by atoms with E-state index in [1.165, 1.54) is 13.8 Å². The number of nitrogens with zero attached hydrogens (tertiary/aromatic N) is 1. The molecule has 1 fully saturated rings. The van der Waals surface area contributed by atoms with Crippen molar-refractivity contribution in [2.75, 3.05) is 13.1 Å². The maximum Gasteiger partial charge on any atom is 0.249 e. The number of hydrogen-bond donors (Lipinski definition) is 0. The SMILES string of the molecule is CCC(F)(F)CCN1CCC[C@@H]1/C=C/C(C)=O. The number of likely N-dealkylation sites (tertiary alicyclic amines) is 1. The first-order valence-corrected chi connectivity index (χ1v) is 6.25. The number of hydrogen-bond acceptors (Lipinski definition) is 2. The maximum absolute atomic E-state index is 13.1. The van der Waals surface area contributed by atoms with Crippen LogP contribution in [0.4, 0.5) is 8.78 Å². The quantitative estimate of drug-likeness (QED) is 0.670. The predicted molar refractivity (Wildman–Crippen MR) is 64.3 cm³/mol. The van der Waals surface area contributed by atoms with Gasteiger partial charge in [0.05, 0.1) is 0 Å². The minimum absolute atomic E-state index is 0.00994. The minimum Gasteiger partial charge on any atom is -0.297 e. The Bertz CT molecular complexity index is 289. The van der Waals surface area contributed by atoms with Crippen LogP contribution in [0.3, 0.4) is 0 Å². The van der Waals surface area contributed by atoms with E-state index < -0.39 is 5.92 Å². The molecule has 1 atom stereocenters. The average molecular weight is 245 g/mol. The standard InChI is InChI=1S/C13H21F2NO/c1-3-13(14,15)8-10-16-9-4-5-12(16)7-6-11(2)17/h6-7,12H,3-5,8-10H2,1-2H3/b7-6+/t12-/m1/s1. The van der Waals surface area contributed by atoms with E-state index in [4.69, 9.17) is 0 Å². The molecule has 0 N–H and O–H groups in total. The van der Waals surface area contributed by atoms with E-state index in [1.54, 1.807) is 6.08 Å². The molecule has 1 saturated heterocycles. The van der Waals surface area contributed by atoms with Crippen molar-refractivity contribution < 1.29 is 13.6 Å². The summed E-state index contributed by atoms with van der Waals surface area (Å²) in [6.07, 6.45) is 5.18. The van der Waals surface area contributed by atoms with E-state index in [-0.39, 0.29) is 24.7 Å². The van der Waals surface area contributed by atoms with Gasteiger partial charge in [-0.05, 0) is 32.4 Å². The fourth-order valence-electron chi connectivity index (χ4n) is 2.08. The van der Waals surface area contributed by atoms with Crippen molar-refractivity contribution in [3.63, 3.8) is 0 Å². The van der Waals surface area contributed by atoms with Crippen molar-refractivity contribution in [3.05, 3.63) is 12.2 Å². The summed E-state index contributed by atoms with van der Waals surface area (Å²) < 4.78 is 26.3. The Morgan fingerprint density at radius 2 is 2.24 bits per heavy atom. The van der Waals surface area contributed by atoms with Gasteiger partial charge in [0.1, 0.15) is 0 Å². The van der Waals surface area contributed by atoms with Gasteiger partial charge in [0.15, 0.2) is 5.78 Å². The van der Waals surface area contributed by atoms with Gasteiger partial charge in [0.25, 0.3) is 0 Å². The fourth-order valence-corrected chi connectivity index (χ4v) is 2.08. The van der Waals surface area contributed by atoms with Gasteiger partial charge in [-0.2, -0.15) is 0 Å². The first-order valence-electron chi connectivity index (χ1n) is 6.25. The Kier molecular flexibility index (Phi) is 5.25. The molecule has 0 aromatic carbocycles. The monoisotopic (exact) mass is 245 g/mol. The third-order valence-electron chi connectivity index (χ3n) is 3.25. The molecule has 1 rings (SSSR count). The van der Waals surface area contributed by atoms with Crippen LogP contribution in [0, 0.1) is 0 Å². The first-order chi connectivity index (χ1) is 7.94. The van der Waals surface area contributed by atoms with Crippen molar-refractivity contribution in [2.45, 2.75) is 51.5 Å². The number of carbonyl (C=O) groups is 1. The molecule has 0 spiro atoms. The summed E-state index contributed by atoms with van der Waals surface area (Å²) in [6.45, 7) is 4.28. The molecule has 1 aliphatic rings. The molecule has 2 nitrogen and oxygen atoms in total. The fraction of sp³-hybridized carbons (Fsp3) is 0.769. The average Bonchev–Trinajstić information content (AvgIpc) is 2.71. The normalized spacial score (nSPS) is 22.5. The second kappa shape index (κ2) is 6.24. The van der Waals surface area contributed by atoms with E-state index >= 15 is 0 Å². The van der Waals surface area contributed by atoms with E-state index in [1.807, 2.05) is 11.0 Å². The molecule has 0 aromatic rings. The highest BCUT2D eigenvalue weighted by Gasteiger charge is 2.29. The topological polar surface area (TPSA) is 20.3 Å². The number of halogens is 2. The van der Waals surface area contributed by atoms with E-state index in [2.05, 4.69) is 0 Å². The van der Waals surface area contributed by atoms with Crippen LogP contribution in [0.1, 0.15) is 39.5 Å². The van der Waals surface area contributed by atoms with Crippen LogP contribution < -0.4 is 0 Å². The van der Waals surface area contributed by atoms with Crippen LogP contribution >= 0.6 is 0 Å². The summed E-state index contributed by atoms with van der Waals surface area (Å²) >= 11 is 0. The zero-order chi connectivity index (χ0) is 12.9. The zero-order valence-electron chi connectivity index (χ0n) is 10.6. The van der Waals surface area contributed by atoms with Crippen molar-refractivity contribution in [2.24, 2.45) is 0 Å². The van der Waals surface area contributed by atoms with Crippen LogP contribution in [0.5, 0.6) is 0 Å². The number of rotatable bonds is 6. The van der Waals surface area contributed by atoms with Crippen LogP contribution in [0.2, 0.25) is 0 Å². The smallest absolute Gasteiger partial charge is 0.249 e. The first kappa shape index (κ1) is 14.3. The lowest BCUT2D eigenvalue weighted by molar-refractivity contribution is -0.112. The number of ketones is 1. The van der Waals surface area contributed by atoms with Gasteiger partial charge >= 0.3 is 0 Å². The number of alkyl halides is 2. The van der Waals surface area contributed by atoms with Gasteiger partial charge in [0, 0.05) is 25.4 Å². The molecule has 1 heterocycles. The Morgan fingerprint density at radius 3 is 2.82 bits per heavy atom. The lowest BCUT2D eigenvalue weighted by Crippen LogP contribution is -2.32. The van der Waals surface area contributed by atoms with E-state index in [0.717, 1.165) is 19.4 Å². The van der Waals surface area contributed by atoms with Crippen LogP contribution in [-0.4, -0.2) is 35.7 Å².